The molecule has 10 nitrogen and oxygen atoms in total. The maximum atomic E-state index is 13.0. The molecule has 4 unspecified atom stereocenters. The number of hydrogen-bond acceptors (Lipinski definition) is 10. The predicted octanol–water partition coefficient (Wildman–Crippen LogP) is 5.59. The molecule has 248 valence electrons. The number of carbonyl (C=O) groups is 3. The molecule has 3 aromatic rings. The minimum atomic E-state index is -0.949. The van der Waals surface area contributed by atoms with Gasteiger partial charge in [0, 0.05) is 25.0 Å². The van der Waals surface area contributed by atoms with E-state index in [1.807, 2.05) is 31.2 Å². The van der Waals surface area contributed by atoms with Gasteiger partial charge in [0.05, 0.1) is 43.3 Å². The van der Waals surface area contributed by atoms with Crippen LogP contribution in [0.4, 0.5) is 0 Å². The van der Waals surface area contributed by atoms with Crippen molar-refractivity contribution in [3.8, 4) is 0 Å². The summed E-state index contributed by atoms with van der Waals surface area (Å²) in [6, 6.07) is 18.4. The summed E-state index contributed by atoms with van der Waals surface area (Å²) in [5, 5.41) is 17.7. The minimum absolute atomic E-state index is 0.0518. The Bertz CT molecular complexity index is 1450. The predicted molar refractivity (Wildman–Crippen MR) is 174 cm³/mol. The normalized spacial score (nSPS) is 16.9. The number of nitrogens with zero attached hydrogens (tertiary/aromatic N) is 1. The molecule has 1 aliphatic heterocycles. The lowest BCUT2D eigenvalue weighted by molar-refractivity contribution is -0.160. The Morgan fingerprint density at radius 3 is 2.24 bits per heavy atom. The van der Waals surface area contributed by atoms with Crippen molar-refractivity contribution in [2.24, 2.45) is 22.4 Å². The molecule has 0 aromatic heterocycles. The molecule has 3 aromatic carbocycles. The van der Waals surface area contributed by atoms with Crippen LogP contribution in [0.25, 0.3) is 21.5 Å². The van der Waals surface area contributed by atoms with E-state index < -0.39 is 35.2 Å². The highest BCUT2D eigenvalue weighted by atomic mass is 16.6. The molecule has 0 aliphatic carbocycles. The second-order valence-corrected chi connectivity index (χ2v) is 12.1. The van der Waals surface area contributed by atoms with E-state index in [0.29, 0.717) is 25.9 Å². The first-order valence-corrected chi connectivity index (χ1v) is 16.0. The van der Waals surface area contributed by atoms with Crippen LogP contribution in [-0.2, 0) is 38.2 Å². The van der Waals surface area contributed by atoms with Crippen LogP contribution in [0.15, 0.2) is 59.8 Å². The molecule has 1 aliphatic rings. The number of fused-ring (bicyclic) bond motifs is 2. The summed E-state index contributed by atoms with van der Waals surface area (Å²) in [6.07, 6.45) is 3.12. The number of hydrogen-bond donors (Lipinski definition) is 1. The van der Waals surface area contributed by atoms with E-state index >= 15 is 0 Å². The molecule has 0 amide bonds. The van der Waals surface area contributed by atoms with Crippen LogP contribution in [0.3, 0.4) is 0 Å². The average molecular weight is 636 g/mol. The number of epoxide rings is 1. The van der Waals surface area contributed by atoms with Gasteiger partial charge in [-0.25, -0.2) is 0 Å². The summed E-state index contributed by atoms with van der Waals surface area (Å²) in [5.41, 5.74) is 0.0257. The van der Waals surface area contributed by atoms with Crippen LogP contribution in [0.1, 0.15) is 58.4 Å². The third-order valence-corrected chi connectivity index (χ3v) is 8.39. The van der Waals surface area contributed by atoms with E-state index in [9.17, 15) is 14.4 Å². The van der Waals surface area contributed by atoms with Crippen molar-refractivity contribution in [3.63, 3.8) is 0 Å². The van der Waals surface area contributed by atoms with Gasteiger partial charge in [0.15, 0.2) is 0 Å². The van der Waals surface area contributed by atoms with Crippen LogP contribution >= 0.6 is 0 Å². The molecule has 1 N–H and O–H groups in total. The molecular weight excluding hydrogens is 590 g/mol. The standard InChI is InChI=1S/C36H45NO9/c1-4-36(3,35(41)45-24-29-23-44-29)21-28(34(40)43-16-9-15-38)19-25(2)33(39)42-17-10-18-46-37-22-32-30-13-7-5-11-26(30)20-27-12-6-8-14-31(27)32/h5-8,11-14,20,22,25,28-29,38H,4,9-10,15-19,21,23-24H2,1-3H3. The van der Waals surface area contributed by atoms with Crippen molar-refractivity contribution in [2.45, 2.75) is 59.0 Å². The number of aliphatic hydroxyl groups is 1. The molecule has 4 atom stereocenters. The molecule has 0 bridgehead atoms. The highest BCUT2D eigenvalue weighted by Gasteiger charge is 2.40. The quantitative estimate of drug-likeness (QED) is 0.0340. The summed E-state index contributed by atoms with van der Waals surface area (Å²) in [6.45, 7) is 6.37. The highest BCUT2D eigenvalue weighted by Crippen LogP contribution is 2.35. The molecule has 4 rings (SSSR count). The summed E-state index contributed by atoms with van der Waals surface area (Å²) in [4.78, 5) is 44.3. The van der Waals surface area contributed by atoms with Crippen LogP contribution < -0.4 is 0 Å². The van der Waals surface area contributed by atoms with Gasteiger partial charge in [-0.05, 0) is 53.8 Å². The lowest BCUT2D eigenvalue weighted by Crippen LogP contribution is -2.36. The van der Waals surface area contributed by atoms with E-state index in [4.69, 9.17) is 28.9 Å². The zero-order chi connectivity index (χ0) is 32.9. The largest absolute Gasteiger partial charge is 0.465 e. The van der Waals surface area contributed by atoms with E-state index in [-0.39, 0.29) is 52.0 Å². The lowest BCUT2D eigenvalue weighted by Gasteiger charge is -2.30. The maximum Gasteiger partial charge on any atom is 0.311 e. The van der Waals surface area contributed by atoms with Gasteiger partial charge in [0.2, 0.25) is 0 Å². The number of esters is 3. The van der Waals surface area contributed by atoms with E-state index in [1.165, 1.54) is 0 Å². The van der Waals surface area contributed by atoms with Gasteiger partial charge >= 0.3 is 17.9 Å². The maximum absolute atomic E-state index is 13.0. The van der Waals surface area contributed by atoms with Crippen molar-refractivity contribution < 1.29 is 43.3 Å². The number of benzene rings is 3. The first-order chi connectivity index (χ1) is 22.3. The molecule has 10 heteroatoms. The number of rotatable bonds is 19. The van der Waals surface area contributed by atoms with Crippen molar-refractivity contribution >= 4 is 45.7 Å². The molecular formula is C36H45NO9. The third-order valence-electron chi connectivity index (χ3n) is 8.39. The molecule has 0 radical (unpaired) electrons. The lowest BCUT2D eigenvalue weighted by atomic mass is 9.76. The molecule has 1 fully saturated rings. The van der Waals surface area contributed by atoms with Gasteiger partial charge in [-0.2, -0.15) is 0 Å². The molecule has 0 spiro atoms. The monoisotopic (exact) mass is 635 g/mol. The number of oxime groups is 1. The third kappa shape index (κ3) is 9.74. The fourth-order valence-corrected chi connectivity index (χ4v) is 5.33. The molecule has 0 saturated carbocycles. The van der Waals surface area contributed by atoms with E-state index in [0.717, 1.165) is 27.1 Å². The van der Waals surface area contributed by atoms with Crippen LogP contribution in [0.5, 0.6) is 0 Å². The van der Waals surface area contributed by atoms with Crippen molar-refractivity contribution in [1.29, 1.82) is 0 Å². The fraction of sp³-hybridized carbons (Fsp3) is 0.500. The Labute approximate surface area is 270 Å². The Balaban J connectivity index is 1.27. The topological polar surface area (TPSA) is 133 Å². The smallest absolute Gasteiger partial charge is 0.311 e. The zero-order valence-electron chi connectivity index (χ0n) is 26.9. The molecule has 1 heterocycles. The first-order valence-electron chi connectivity index (χ1n) is 16.0. The van der Waals surface area contributed by atoms with Crippen LogP contribution in [0.2, 0.25) is 0 Å². The Hall–Kier alpha value is -4.02. The SMILES string of the molecule is CCC(C)(CC(CC(C)C(=O)OCCCON=Cc1c2ccccc2cc2ccccc12)C(=O)OCCCO)C(=O)OCC1CO1. The van der Waals surface area contributed by atoms with E-state index in [2.05, 4.69) is 35.5 Å². The Morgan fingerprint density at radius 2 is 1.61 bits per heavy atom. The number of ether oxygens (including phenoxy) is 4. The summed E-state index contributed by atoms with van der Waals surface area (Å²) in [7, 11) is 0. The highest BCUT2D eigenvalue weighted by molar-refractivity contribution is 6.13. The Morgan fingerprint density at radius 1 is 0.978 bits per heavy atom. The average Bonchev–Trinajstić information content (AvgIpc) is 3.90. The van der Waals surface area contributed by atoms with E-state index in [1.54, 1.807) is 20.1 Å². The minimum Gasteiger partial charge on any atom is -0.465 e. The Kier molecular flexibility index (Phi) is 12.9. The number of carbonyl (C=O) groups excluding carboxylic acids is 3. The van der Waals surface area contributed by atoms with Gasteiger partial charge in [0.1, 0.15) is 19.3 Å². The van der Waals surface area contributed by atoms with Crippen LogP contribution in [-0.4, -0.2) is 75.0 Å². The molecule has 1 saturated heterocycles. The van der Waals surface area contributed by atoms with Gasteiger partial charge in [-0.1, -0.05) is 67.5 Å². The van der Waals surface area contributed by atoms with Crippen LogP contribution in [0, 0.1) is 17.3 Å². The summed E-state index contributed by atoms with van der Waals surface area (Å²) >= 11 is 0. The van der Waals surface area contributed by atoms with Crippen molar-refractivity contribution in [2.75, 3.05) is 39.6 Å². The summed E-state index contributed by atoms with van der Waals surface area (Å²) < 4.78 is 21.4. The van der Waals surface area contributed by atoms with Crippen molar-refractivity contribution in [1.82, 2.24) is 0 Å². The van der Waals surface area contributed by atoms with Gasteiger partial charge in [0.25, 0.3) is 0 Å². The van der Waals surface area contributed by atoms with Gasteiger partial charge in [-0.15, -0.1) is 0 Å². The van der Waals surface area contributed by atoms with Gasteiger partial charge < -0.3 is 28.9 Å². The second-order valence-electron chi connectivity index (χ2n) is 12.1. The van der Waals surface area contributed by atoms with Gasteiger partial charge in [-0.3, -0.25) is 14.4 Å². The fourth-order valence-electron chi connectivity index (χ4n) is 5.33. The van der Waals surface area contributed by atoms with Crippen molar-refractivity contribution in [3.05, 3.63) is 60.2 Å². The number of aliphatic hydroxyl groups excluding tert-OH is 1. The summed E-state index contributed by atoms with van der Waals surface area (Å²) in [5.74, 6) is -2.74. The second kappa shape index (κ2) is 17.1. The zero-order valence-corrected chi connectivity index (χ0v) is 26.9. The molecule has 46 heavy (non-hydrogen) atoms. The first kappa shape index (κ1) is 34.8.